The van der Waals surface area contributed by atoms with Gasteiger partial charge in [-0.3, -0.25) is 4.79 Å². The zero-order valence-electron chi connectivity index (χ0n) is 11.8. The predicted octanol–water partition coefficient (Wildman–Crippen LogP) is 3.15. The zero-order valence-corrected chi connectivity index (χ0v) is 11.8. The van der Waals surface area contributed by atoms with Crippen LogP contribution in [0.4, 0.5) is 11.4 Å². The quantitative estimate of drug-likeness (QED) is 0.579. The van der Waals surface area contributed by atoms with E-state index in [1.807, 2.05) is 32.9 Å². The summed E-state index contributed by atoms with van der Waals surface area (Å²) in [7, 11) is 0. The molecule has 2 aromatic carbocycles. The van der Waals surface area contributed by atoms with Gasteiger partial charge in [-0.25, -0.2) is 0 Å². The number of amides is 1. The highest BCUT2D eigenvalue weighted by atomic mass is 16.3. The zero-order chi connectivity index (χ0) is 14.9. The molecule has 0 saturated heterocycles. The molecule has 0 aromatic heterocycles. The van der Waals surface area contributed by atoms with E-state index in [0.717, 1.165) is 22.4 Å². The van der Waals surface area contributed by atoms with Crippen molar-refractivity contribution in [1.82, 2.24) is 0 Å². The summed E-state index contributed by atoms with van der Waals surface area (Å²) in [4.78, 5) is 12.3. The fourth-order valence-corrected chi connectivity index (χ4v) is 2.30. The molecular weight excluding hydrogens is 252 g/mol. The molecule has 0 aliphatic rings. The predicted molar refractivity (Wildman–Crippen MR) is 81.1 cm³/mol. The van der Waals surface area contributed by atoms with Gasteiger partial charge in [0.1, 0.15) is 5.75 Å². The van der Waals surface area contributed by atoms with Gasteiger partial charge in [0.05, 0.1) is 5.56 Å². The van der Waals surface area contributed by atoms with Gasteiger partial charge in [0, 0.05) is 11.4 Å². The summed E-state index contributed by atoms with van der Waals surface area (Å²) < 4.78 is 0. The third kappa shape index (κ3) is 2.74. The van der Waals surface area contributed by atoms with Crippen molar-refractivity contribution >= 4 is 17.3 Å². The van der Waals surface area contributed by atoms with Gasteiger partial charge in [-0.2, -0.15) is 0 Å². The average molecular weight is 270 g/mol. The molecule has 20 heavy (non-hydrogen) atoms. The van der Waals surface area contributed by atoms with Crippen molar-refractivity contribution in [2.24, 2.45) is 0 Å². The van der Waals surface area contributed by atoms with Crippen LogP contribution in [0.2, 0.25) is 0 Å². The van der Waals surface area contributed by atoms with Crippen molar-refractivity contribution in [3.63, 3.8) is 0 Å². The van der Waals surface area contributed by atoms with E-state index in [0.29, 0.717) is 5.69 Å². The first-order chi connectivity index (χ1) is 9.38. The standard InChI is InChI=1S/C16H18N2O2/c1-9-6-10(2)15(11(3)7-9)18-16(20)13-8-12(19)4-5-14(13)17/h4-8,19H,17H2,1-3H3,(H,18,20). The molecule has 104 valence electrons. The highest BCUT2D eigenvalue weighted by Crippen LogP contribution is 2.24. The lowest BCUT2D eigenvalue weighted by molar-refractivity contribution is 0.102. The third-order valence-corrected chi connectivity index (χ3v) is 3.20. The molecule has 0 aliphatic heterocycles. The molecule has 4 heteroatoms. The highest BCUT2D eigenvalue weighted by molar-refractivity contribution is 6.08. The topological polar surface area (TPSA) is 75.3 Å². The number of aryl methyl sites for hydroxylation is 3. The Hall–Kier alpha value is -2.49. The van der Waals surface area contributed by atoms with Crippen LogP contribution < -0.4 is 11.1 Å². The number of hydrogen-bond acceptors (Lipinski definition) is 3. The minimum Gasteiger partial charge on any atom is -0.508 e. The Balaban J connectivity index is 2.35. The number of phenols is 1. The van der Waals surface area contributed by atoms with Crippen molar-refractivity contribution in [1.29, 1.82) is 0 Å². The molecule has 2 rings (SSSR count). The Morgan fingerprint density at radius 1 is 1.10 bits per heavy atom. The van der Waals surface area contributed by atoms with E-state index in [9.17, 15) is 9.90 Å². The first-order valence-corrected chi connectivity index (χ1v) is 6.36. The molecule has 0 fully saturated rings. The molecule has 0 spiro atoms. The number of benzene rings is 2. The summed E-state index contributed by atoms with van der Waals surface area (Å²) in [5.41, 5.74) is 10.3. The van der Waals surface area contributed by atoms with E-state index in [1.165, 1.54) is 18.2 Å². The SMILES string of the molecule is Cc1cc(C)c(NC(=O)c2cc(O)ccc2N)c(C)c1. The van der Waals surface area contributed by atoms with E-state index in [1.54, 1.807) is 0 Å². The molecular formula is C16H18N2O2. The molecule has 2 aromatic rings. The van der Waals surface area contributed by atoms with Gasteiger partial charge >= 0.3 is 0 Å². The lowest BCUT2D eigenvalue weighted by atomic mass is 10.0. The monoisotopic (exact) mass is 270 g/mol. The summed E-state index contributed by atoms with van der Waals surface area (Å²) in [6.45, 7) is 5.90. The summed E-state index contributed by atoms with van der Waals surface area (Å²) in [5.74, 6) is -0.310. The number of nitrogens with two attached hydrogens (primary N) is 1. The Labute approximate surface area is 118 Å². The van der Waals surface area contributed by atoms with Gasteiger partial charge < -0.3 is 16.2 Å². The highest BCUT2D eigenvalue weighted by Gasteiger charge is 2.13. The maximum Gasteiger partial charge on any atom is 0.257 e. The maximum atomic E-state index is 12.3. The number of carbonyl (C=O) groups excluding carboxylic acids is 1. The summed E-state index contributed by atoms with van der Waals surface area (Å²) in [6, 6.07) is 8.35. The van der Waals surface area contributed by atoms with Gasteiger partial charge in [0.2, 0.25) is 0 Å². The van der Waals surface area contributed by atoms with E-state index >= 15 is 0 Å². The van der Waals surface area contributed by atoms with E-state index in [4.69, 9.17) is 5.73 Å². The fourth-order valence-electron chi connectivity index (χ4n) is 2.30. The fraction of sp³-hybridized carbons (Fsp3) is 0.188. The Bertz CT molecular complexity index is 655. The number of carbonyl (C=O) groups is 1. The van der Waals surface area contributed by atoms with Crippen LogP contribution in [0.3, 0.4) is 0 Å². The summed E-state index contributed by atoms with van der Waals surface area (Å²) in [5, 5.41) is 12.3. The van der Waals surface area contributed by atoms with Gasteiger partial charge in [-0.1, -0.05) is 17.7 Å². The first-order valence-electron chi connectivity index (χ1n) is 6.36. The number of nitrogens with one attached hydrogen (secondary N) is 1. The van der Waals surface area contributed by atoms with Crippen LogP contribution in [-0.2, 0) is 0 Å². The molecule has 0 saturated carbocycles. The van der Waals surface area contributed by atoms with Crippen LogP contribution in [-0.4, -0.2) is 11.0 Å². The molecule has 4 N–H and O–H groups in total. The Kier molecular flexibility index (Phi) is 3.66. The van der Waals surface area contributed by atoms with Crippen LogP contribution in [0.5, 0.6) is 5.75 Å². The molecule has 0 heterocycles. The summed E-state index contributed by atoms with van der Waals surface area (Å²) in [6.07, 6.45) is 0. The maximum absolute atomic E-state index is 12.3. The second-order valence-corrected chi connectivity index (χ2v) is 5.00. The van der Waals surface area contributed by atoms with Crippen molar-refractivity contribution in [3.8, 4) is 5.75 Å². The van der Waals surface area contributed by atoms with Crippen LogP contribution >= 0.6 is 0 Å². The number of aromatic hydroxyl groups is 1. The van der Waals surface area contributed by atoms with Gasteiger partial charge in [0.25, 0.3) is 5.91 Å². The molecule has 0 bridgehead atoms. The molecule has 0 aliphatic carbocycles. The normalized spacial score (nSPS) is 10.3. The van der Waals surface area contributed by atoms with E-state index < -0.39 is 0 Å². The van der Waals surface area contributed by atoms with Gasteiger partial charge in [0.15, 0.2) is 0 Å². The van der Waals surface area contributed by atoms with Crippen molar-refractivity contribution in [3.05, 3.63) is 52.6 Å². The number of nitrogen functional groups attached to an aromatic ring is 1. The number of hydrogen-bond donors (Lipinski definition) is 3. The van der Waals surface area contributed by atoms with Crippen molar-refractivity contribution in [2.75, 3.05) is 11.1 Å². The van der Waals surface area contributed by atoms with Crippen LogP contribution in [0, 0.1) is 20.8 Å². The minimum absolute atomic E-state index is 0.0155. The number of phenolic OH excluding ortho intramolecular Hbond substituents is 1. The summed E-state index contributed by atoms with van der Waals surface area (Å²) >= 11 is 0. The first kappa shape index (κ1) is 13.9. The second-order valence-electron chi connectivity index (χ2n) is 5.00. The van der Waals surface area contributed by atoms with Gasteiger partial charge in [-0.15, -0.1) is 0 Å². The minimum atomic E-state index is -0.326. The molecule has 4 nitrogen and oxygen atoms in total. The van der Waals surface area contributed by atoms with E-state index in [2.05, 4.69) is 5.32 Å². The largest absolute Gasteiger partial charge is 0.508 e. The van der Waals surface area contributed by atoms with Crippen LogP contribution in [0.25, 0.3) is 0 Å². The third-order valence-electron chi connectivity index (χ3n) is 3.20. The van der Waals surface area contributed by atoms with Crippen molar-refractivity contribution in [2.45, 2.75) is 20.8 Å². The lowest BCUT2D eigenvalue weighted by Crippen LogP contribution is -2.15. The molecule has 0 atom stereocenters. The molecule has 0 unspecified atom stereocenters. The van der Waals surface area contributed by atoms with Crippen LogP contribution in [0.1, 0.15) is 27.0 Å². The lowest BCUT2D eigenvalue weighted by Gasteiger charge is -2.13. The van der Waals surface area contributed by atoms with E-state index in [-0.39, 0.29) is 17.2 Å². The number of anilines is 2. The molecule has 1 amide bonds. The second kappa shape index (κ2) is 5.25. The van der Waals surface area contributed by atoms with Crippen LogP contribution in [0.15, 0.2) is 30.3 Å². The average Bonchev–Trinajstić information content (AvgIpc) is 2.36. The Morgan fingerprint density at radius 3 is 2.30 bits per heavy atom. The molecule has 0 radical (unpaired) electrons. The van der Waals surface area contributed by atoms with Crippen molar-refractivity contribution < 1.29 is 9.90 Å². The van der Waals surface area contributed by atoms with Gasteiger partial charge in [-0.05, 0) is 50.1 Å². The Morgan fingerprint density at radius 2 is 1.70 bits per heavy atom. The smallest absolute Gasteiger partial charge is 0.257 e. The number of rotatable bonds is 2.